The third-order valence-corrected chi connectivity index (χ3v) is 4.83. The molecule has 0 aromatic rings. The second-order valence-electron chi connectivity index (χ2n) is 4.14. The average molecular weight is 207 g/mol. The number of hydrogen-bond acceptors (Lipinski definition) is 4. The van der Waals surface area contributed by atoms with E-state index in [1.165, 1.54) is 0 Å². The highest BCUT2D eigenvalue weighted by Gasteiger charge is 2.50. The minimum atomic E-state index is -3.08. The SMILES string of the molecule is CCC(C)(N)C1(O)CCS(=O)(=O)C1. The molecule has 13 heavy (non-hydrogen) atoms. The maximum absolute atomic E-state index is 11.2. The Labute approximate surface area is 79.0 Å². The number of nitrogens with two attached hydrogens (primary N) is 1. The van der Waals surface area contributed by atoms with Crippen molar-refractivity contribution in [3.05, 3.63) is 0 Å². The fourth-order valence-corrected chi connectivity index (χ4v) is 3.61. The molecule has 1 saturated heterocycles. The van der Waals surface area contributed by atoms with Crippen LogP contribution in [0.1, 0.15) is 26.7 Å². The van der Waals surface area contributed by atoms with Gasteiger partial charge in [-0.3, -0.25) is 0 Å². The van der Waals surface area contributed by atoms with Crippen LogP contribution in [-0.4, -0.2) is 36.2 Å². The third-order valence-electron chi connectivity index (χ3n) is 3.08. The summed E-state index contributed by atoms with van der Waals surface area (Å²) in [6, 6.07) is 0. The first kappa shape index (κ1) is 10.9. The molecule has 4 nitrogen and oxygen atoms in total. The molecule has 1 heterocycles. The van der Waals surface area contributed by atoms with Crippen LogP contribution in [0.4, 0.5) is 0 Å². The Balaban J connectivity index is 2.93. The molecule has 1 aliphatic heterocycles. The van der Waals surface area contributed by atoms with Gasteiger partial charge < -0.3 is 10.8 Å². The van der Waals surface area contributed by atoms with Crippen LogP contribution < -0.4 is 5.73 Å². The van der Waals surface area contributed by atoms with Crippen molar-refractivity contribution in [3.8, 4) is 0 Å². The van der Waals surface area contributed by atoms with Gasteiger partial charge in [-0.1, -0.05) is 6.92 Å². The lowest BCUT2D eigenvalue weighted by Gasteiger charge is -2.38. The lowest BCUT2D eigenvalue weighted by atomic mass is 9.79. The summed E-state index contributed by atoms with van der Waals surface area (Å²) < 4.78 is 22.4. The van der Waals surface area contributed by atoms with Gasteiger partial charge in [0.1, 0.15) is 0 Å². The summed E-state index contributed by atoms with van der Waals surface area (Å²) in [7, 11) is -3.08. The molecule has 3 N–H and O–H groups in total. The first-order valence-corrected chi connectivity index (χ1v) is 6.26. The molecule has 0 spiro atoms. The maximum atomic E-state index is 11.2. The van der Waals surface area contributed by atoms with Gasteiger partial charge in [0.15, 0.2) is 9.84 Å². The highest BCUT2D eigenvalue weighted by molar-refractivity contribution is 7.91. The second-order valence-corrected chi connectivity index (χ2v) is 6.33. The lowest BCUT2D eigenvalue weighted by Crippen LogP contribution is -2.59. The average Bonchev–Trinajstić information content (AvgIpc) is 2.27. The van der Waals surface area contributed by atoms with Crippen LogP contribution in [0.5, 0.6) is 0 Å². The summed E-state index contributed by atoms with van der Waals surface area (Å²) in [5, 5.41) is 10.1. The van der Waals surface area contributed by atoms with Crippen molar-refractivity contribution in [1.82, 2.24) is 0 Å². The predicted octanol–water partition coefficient (Wildman–Crippen LogP) is -0.337. The molecule has 0 aliphatic carbocycles. The van der Waals surface area contributed by atoms with Gasteiger partial charge in [-0.2, -0.15) is 0 Å². The summed E-state index contributed by atoms with van der Waals surface area (Å²) in [5.74, 6) is -0.142. The van der Waals surface area contributed by atoms with Gasteiger partial charge in [-0.05, 0) is 19.8 Å². The molecular formula is C8H17NO3S. The fourth-order valence-electron chi connectivity index (χ4n) is 1.61. The first-order chi connectivity index (χ1) is 5.72. The molecule has 1 aliphatic rings. The van der Waals surface area contributed by atoms with Gasteiger partial charge in [0.25, 0.3) is 0 Å². The van der Waals surface area contributed by atoms with E-state index in [2.05, 4.69) is 0 Å². The summed E-state index contributed by atoms with van der Waals surface area (Å²) in [5.41, 5.74) is 3.82. The molecule has 1 rings (SSSR count). The Hall–Kier alpha value is -0.130. The van der Waals surface area contributed by atoms with Crippen LogP contribution in [0.3, 0.4) is 0 Å². The van der Waals surface area contributed by atoms with E-state index in [-0.39, 0.29) is 17.9 Å². The summed E-state index contributed by atoms with van der Waals surface area (Å²) in [6.07, 6.45) is 0.829. The molecule has 2 unspecified atom stereocenters. The Bertz CT molecular complexity index is 297. The van der Waals surface area contributed by atoms with Crippen LogP contribution in [0.25, 0.3) is 0 Å². The van der Waals surface area contributed by atoms with E-state index in [1.54, 1.807) is 6.92 Å². The highest BCUT2D eigenvalue weighted by Crippen LogP contribution is 2.33. The van der Waals surface area contributed by atoms with Crippen molar-refractivity contribution in [2.24, 2.45) is 5.73 Å². The quantitative estimate of drug-likeness (QED) is 0.649. The number of sulfone groups is 1. The lowest BCUT2D eigenvalue weighted by molar-refractivity contribution is -0.00650. The van der Waals surface area contributed by atoms with E-state index in [0.29, 0.717) is 6.42 Å². The number of rotatable bonds is 2. The second kappa shape index (κ2) is 2.93. The Kier molecular flexibility index (Phi) is 2.47. The first-order valence-electron chi connectivity index (χ1n) is 4.44. The molecule has 2 atom stereocenters. The van der Waals surface area contributed by atoms with Crippen molar-refractivity contribution in [3.63, 3.8) is 0 Å². The molecule has 0 amide bonds. The van der Waals surface area contributed by atoms with Crippen molar-refractivity contribution in [2.45, 2.75) is 37.8 Å². The van der Waals surface area contributed by atoms with Crippen molar-refractivity contribution in [2.75, 3.05) is 11.5 Å². The summed E-state index contributed by atoms with van der Waals surface area (Å²) in [6.45, 7) is 3.55. The molecule has 0 bridgehead atoms. The molecule has 0 saturated carbocycles. The smallest absolute Gasteiger partial charge is 0.153 e. The number of hydrogen-bond donors (Lipinski definition) is 2. The van der Waals surface area contributed by atoms with E-state index >= 15 is 0 Å². The van der Waals surface area contributed by atoms with Gasteiger partial charge in [-0.15, -0.1) is 0 Å². The number of aliphatic hydroxyl groups is 1. The largest absolute Gasteiger partial charge is 0.387 e. The van der Waals surface area contributed by atoms with Crippen LogP contribution in [0.15, 0.2) is 0 Å². The predicted molar refractivity (Wildman–Crippen MR) is 51.1 cm³/mol. The molecule has 5 heteroatoms. The monoisotopic (exact) mass is 207 g/mol. The molecule has 1 fully saturated rings. The van der Waals surface area contributed by atoms with Crippen LogP contribution in [0, 0.1) is 0 Å². The van der Waals surface area contributed by atoms with Crippen molar-refractivity contribution >= 4 is 9.84 Å². The van der Waals surface area contributed by atoms with E-state index in [1.807, 2.05) is 6.92 Å². The van der Waals surface area contributed by atoms with Gasteiger partial charge in [0.05, 0.1) is 17.1 Å². The minimum Gasteiger partial charge on any atom is -0.387 e. The van der Waals surface area contributed by atoms with Gasteiger partial charge in [-0.25, -0.2) is 8.42 Å². The zero-order valence-corrected chi connectivity index (χ0v) is 8.89. The zero-order valence-electron chi connectivity index (χ0n) is 8.08. The summed E-state index contributed by atoms with van der Waals surface area (Å²) >= 11 is 0. The Morgan fingerprint density at radius 3 is 2.46 bits per heavy atom. The maximum Gasteiger partial charge on any atom is 0.153 e. The zero-order chi connectivity index (χ0) is 10.3. The third kappa shape index (κ3) is 1.87. The van der Waals surface area contributed by atoms with Crippen LogP contribution >= 0.6 is 0 Å². The van der Waals surface area contributed by atoms with Crippen molar-refractivity contribution < 1.29 is 13.5 Å². The Morgan fingerprint density at radius 2 is 2.15 bits per heavy atom. The highest BCUT2D eigenvalue weighted by atomic mass is 32.2. The molecule has 78 valence electrons. The van der Waals surface area contributed by atoms with E-state index in [9.17, 15) is 13.5 Å². The fraction of sp³-hybridized carbons (Fsp3) is 1.00. The Morgan fingerprint density at radius 1 is 1.62 bits per heavy atom. The minimum absolute atomic E-state index is 0.0519. The van der Waals surface area contributed by atoms with Gasteiger partial charge in [0.2, 0.25) is 0 Å². The molecule has 0 radical (unpaired) electrons. The molecular weight excluding hydrogens is 190 g/mol. The standard InChI is InChI=1S/C8H17NO3S/c1-3-7(2,9)8(10)4-5-13(11,12)6-8/h10H,3-6,9H2,1-2H3. The topological polar surface area (TPSA) is 80.4 Å². The van der Waals surface area contributed by atoms with Crippen molar-refractivity contribution in [1.29, 1.82) is 0 Å². The van der Waals surface area contributed by atoms with Crippen LogP contribution in [0.2, 0.25) is 0 Å². The summed E-state index contributed by atoms with van der Waals surface area (Å²) in [4.78, 5) is 0. The van der Waals surface area contributed by atoms with E-state index in [0.717, 1.165) is 0 Å². The van der Waals surface area contributed by atoms with Gasteiger partial charge >= 0.3 is 0 Å². The molecule has 0 aromatic heterocycles. The van der Waals surface area contributed by atoms with Crippen LogP contribution in [-0.2, 0) is 9.84 Å². The molecule has 0 aromatic carbocycles. The van der Waals surface area contributed by atoms with E-state index < -0.39 is 21.0 Å². The van der Waals surface area contributed by atoms with E-state index in [4.69, 9.17) is 5.73 Å². The van der Waals surface area contributed by atoms with Gasteiger partial charge in [0, 0.05) is 5.54 Å². The normalized spacial score (nSPS) is 37.2.